The molecule has 2 atom stereocenters. The highest BCUT2D eigenvalue weighted by Gasteiger charge is 2.45. The highest BCUT2D eigenvalue weighted by Crippen LogP contribution is 2.41. The molecule has 2 aromatic carbocycles. The quantitative estimate of drug-likeness (QED) is 0.910. The molecular formula is C18H20FNO3. The molecule has 0 saturated heterocycles. The molecule has 0 aromatic heterocycles. The van der Waals surface area contributed by atoms with Gasteiger partial charge in [0.15, 0.2) is 11.7 Å². The van der Waals surface area contributed by atoms with E-state index in [9.17, 15) is 9.50 Å². The first-order chi connectivity index (χ1) is 11.0. The summed E-state index contributed by atoms with van der Waals surface area (Å²) in [5.41, 5.74) is -0.0783. The van der Waals surface area contributed by atoms with Crippen molar-refractivity contribution in [2.24, 2.45) is 0 Å². The lowest BCUT2D eigenvalue weighted by Crippen LogP contribution is -2.53. The number of nitrogens with one attached hydrogen (secondary N) is 1. The zero-order chi connectivity index (χ0) is 16.4. The Morgan fingerprint density at radius 3 is 2.87 bits per heavy atom. The van der Waals surface area contributed by atoms with Gasteiger partial charge < -0.3 is 19.9 Å². The van der Waals surface area contributed by atoms with Crippen molar-refractivity contribution in [3.05, 3.63) is 59.4 Å². The van der Waals surface area contributed by atoms with E-state index in [4.69, 9.17) is 9.47 Å². The minimum Gasteiger partial charge on any atom is -0.490 e. The molecule has 0 fully saturated rings. The Hall–Kier alpha value is -2.11. The molecule has 0 bridgehead atoms. The van der Waals surface area contributed by atoms with Gasteiger partial charge in [0.25, 0.3) is 0 Å². The number of benzene rings is 2. The van der Waals surface area contributed by atoms with Gasteiger partial charge in [0.1, 0.15) is 23.9 Å². The van der Waals surface area contributed by atoms with Gasteiger partial charge in [-0.25, -0.2) is 4.39 Å². The van der Waals surface area contributed by atoms with E-state index in [1.165, 1.54) is 6.07 Å². The summed E-state index contributed by atoms with van der Waals surface area (Å²) in [5.74, 6) is 0.758. The predicted octanol–water partition coefficient (Wildman–Crippen LogP) is 2.60. The van der Waals surface area contributed by atoms with E-state index >= 15 is 0 Å². The third-order valence-electron chi connectivity index (χ3n) is 4.11. The number of rotatable bonds is 4. The topological polar surface area (TPSA) is 50.7 Å². The molecule has 1 aliphatic rings. The molecular weight excluding hydrogens is 297 g/mol. The molecule has 23 heavy (non-hydrogen) atoms. The summed E-state index contributed by atoms with van der Waals surface area (Å²) in [4.78, 5) is 0. The Morgan fingerprint density at radius 2 is 2.09 bits per heavy atom. The van der Waals surface area contributed by atoms with Gasteiger partial charge in [-0.2, -0.15) is 0 Å². The minimum atomic E-state index is -1.25. The van der Waals surface area contributed by atoms with E-state index in [0.29, 0.717) is 23.6 Å². The summed E-state index contributed by atoms with van der Waals surface area (Å²) >= 11 is 0. The van der Waals surface area contributed by atoms with Gasteiger partial charge in [-0.15, -0.1) is 0 Å². The average molecular weight is 317 g/mol. The number of hydrogen-bond donors (Lipinski definition) is 2. The van der Waals surface area contributed by atoms with Crippen LogP contribution in [0.15, 0.2) is 42.5 Å². The van der Waals surface area contributed by atoms with Crippen LogP contribution in [0.3, 0.4) is 0 Å². The zero-order valence-corrected chi connectivity index (χ0v) is 13.2. The Balaban J connectivity index is 2.02. The van der Waals surface area contributed by atoms with Crippen molar-refractivity contribution in [2.45, 2.75) is 18.6 Å². The molecule has 1 heterocycles. The number of halogens is 1. The van der Waals surface area contributed by atoms with E-state index < -0.39 is 11.7 Å². The molecule has 122 valence electrons. The molecule has 3 rings (SSSR count). The summed E-state index contributed by atoms with van der Waals surface area (Å²) in [5, 5.41) is 14.0. The number of aliphatic hydroxyl groups is 1. The van der Waals surface area contributed by atoms with E-state index in [1.807, 2.05) is 24.3 Å². The lowest BCUT2D eigenvalue weighted by atomic mass is 9.88. The van der Waals surface area contributed by atoms with Gasteiger partial charge in [-0.05, 0) is 32.2 Å². The van der Waals surface area contributed by atoms with Crippen LogP contribution in [0.1, 0.15) is 17.2 Å². The van der Waals surface area contributed by atoms with Crippen molar-refractivity contribution < 1.29 is 19.0 Å². The minimum absolute atomic E-state index is 0.101. The van der Waals surface area contributed by atoms with E-state index in [-0.39, 0.29) is 12.4 Å². The largest absolute Gasteiger partial charge is 0.490 e. The van der Waals surface area contributed by atoms with Crippen LogP contribution < -0.4 is 14.8 Å². The second-order valence-corrected chi connectivity index (χ2v) is 5.82. The molecule has 0 amide bonds. The van der Waals surface area contributed by atoms with Crippen LogP contribution >= 0.6 is 0 Å². The van der Waals surface area contributed by atoms with E-state index in [0.717, 1.165) is 5.56 Å². The molecule has 2 aromatic rings. The van der Waals surface area contributed by atoms with Gasteiger partial charge in [-0.1, -0.05) is 24.3 Å². The van der Waals surface area contributed by atoms with Crippen LogP contribution in [0.5, 0.6) is 11.5 Å². The number of likely N-dealkylation sites (N-methyl/N-ethyl adjacent to an activating group) is 1. The monoisotopic (exact) mass is 317 g/mol. The fraction of sp³-hybridized carbons (Fsp3) is 0.333. The molecule has 0 radical (unpaired) electrons. The first-order valence-electron chi connectivity index (χ1n) is 7.55. The lowest BCUT2D eigenvalue weighted by Gasteiger charge is -2.40. The Labute approximate surface area is 134 Å². The van der Waals surface area contributed by atoms with E-state index in [1.54, 1.807) is 26.1 Å². The first-order valence-corrected chi connectivity index (χ1v) is 7.55. The van der Waals surface area contributed by atoms with Gasteiger partial charge in [-0.3, -0.25) is 0 Å². The van der Waals surface area contributed by atoms with Crippen LogP contribution in [0.2, 0.25) is 0 Å². The molecule has 0 spiro atoms. The van der Waals surface area contributed by atoms with Crippen molar-refractivity contribution in [1.29, 1.82) is 0 Å². The maximum absolute atomic E-state index is 13.8. The highest BCUT2D eigenvalue weighted by atomic mass is 19.1. The molecule has 5 heteroatoms. The van der Waals surface area contributed by atoms with Crippen LogP contribution in [-0.2, 0) is 0 Å². The molecule has 0 saturated carbocycles. The van der Waals surface area contributed by atoms with Crippen LogP contribution in [-0.4, -0.2) is 30.9 Å². The fourth-order valence-electron chi connectivity index (χ4n) is 2.86. The number of fused-ring (bicyclic) bond motifs is 1. The van der Waals surface area contributed by atoms with Crippen molar-refractivity contribution >= 4 is 0 Å². The standard InChI is InChI=1S/C18H20FNO3/c1-12-14(19)7-5-9-15(12)23-17-13-6-3-4-8-16(13)22-11-18(17,21)10-20-2/h3-9,17,20-21H,10-11H2,1-2H3. The zero-order valence-electron chi connectivity index (χ0n) is 13.2. The molecule has 1 aliphatic heterocycles. The van der Waals surface area contributed by atoms with Crippen molar-refractivity contribution in [2.75, 3.05) is 20.2 Å². The Bertz CT molecular complexity index is 706. The first kappa shape index (κ1) is 15.8. The van der Waals surface area contributed by atoms with Crippen LogP contribution in [0, 0.1) is 12.7 Å². The Morgan fingerprint density at radius 1 is 1.30 bits per heavy atom. The number of ether oxygens (including phenoxy) is 2. The SMILES string of the molecule is CNCC1(O)COc2ccccc2C1Oc1cccc(F)c1C. The molecule has 4 nitrogen and oxygen atoms in total. The summed E-state index contributed by atoms with van der Waals surface area (Å²) in [6.07, 6.45) is -0.652. The average Bonchev–Trinajstić information content (AvgIpc) is 2.54. The third kappa shape index (κ3) is 2.90. The lowest BCUT2D eigenvalue weighted by molar-refractivity contribution is -0.101. The van der Waals surface area contributed by atoms with Gasteiger partial charge >= 0.3 is 0 Å². The van der Waals surface area contributed by atoms with Crippen LogP contribution in [0.4, 0.5) is 4.39 Å². The summed E-state index contributed by atoms with van der Waals surface area (Å²) in [6.45, 7) is 2.05. The van der Waals surface area contributed by atoms with Crippen molar-refractivity contribution in [1.82, 2.24) is 5.32 Å². The normalized spacial score (nSPS) is 23.0. The maximum atomic E-state index is 13.8. The Kier molecular flexibility index (Phi) is 4.24. The summed E-state index contributed by atoms with van der Waals surface area (Å²) in [7, 11) is 1.75. The van der Waals surface area contributed by atoms with Crippen molar-refractivity contribution in [3.63, 3.8) is 0 Å². The summed E-state index contributed by atoms with van der Waals surface area (Å²) in [6, 6.07) is 12.1. The molecule has 2 N–H and O–H groups in total. The van der Waals surface area contributed by atoms with E-state index in [2.05, 4.69) is 5.32 Å². The number of para-hydroxylation sites is 1. The predicted molar refractivity (Wildman–Crippen MR) is 85.3 cm³/mol. The van der Waals surface area contributed by atoms with Gasteiger partial charge in [0.05, 0.1) is 0 Å². The van der Waals surface area contributed by atoms with Crippen molar-refractivity contribution in [3.8, 4) is 11.5 Å². The molecule has 0 aliphatic carbocycles. The van der Waals surface area contributed by atoms with Gasteiger partial charge in [0, 0.05) is 17.7 Å². The summed E-state index contributed by atoms with van der Waals surface area (Å²) < 4.78 is 25.5. The smallest absolute Gasteiger partial charge is 0.160 e. The highest BCUT2D eigenvalue weighted by molar-refractivity contribution is 5.41. The second kappa shape index (κ2) is 6.18. The maximum Gasteiger partial charge on any atom is 0.160 e. The second-order valence-electron chi connectivity index (χ2n) is 5.82. The van der Waals surface area contributed by atoms with Gasteiger partial charge in [0.2, 0.25) is 0 Å². The number of hydrogen-bond acceptors (Lipinski definition) is 4. The third-order valence-corrected chi connectivity index (χ3v) is 4.11. The van der Waals surface area contributed by atoms with Crippen LogP contribution in [0.25, 0.3) is 0 Å². The fourth-order valence-corrected chi connectivity index (χ4v) is 2.86. The molecule has 2 unspecified atom stereocenters.